The Morgan fingerprint density at radius 1 is 1.46 bits per heavy atom. The first-order chi connectivity index (χ1) is 11.5. The normalized spacial score (nSPS) is 13.8. The Bertz CT molecular complexity index is 818. The fourth-order valence-electron chi connectivity index (χ4n) is 2.31. The minimum absolute atomic E-state index is 0.0733. The van der Waals surface area contributed by atoms with Gasteiger partial charge in [-0.1, -0.05) is 35.5 Å². The second kappa shape index (κ2) is 7.40. The van der Waals surface area contributed by atoms with Crippen molar-refractivity contribution in [2.45, 2.75) is 43.1 Å². The monoisotopic (exact) mass is 363 g/mol. The minimum atomic E-state index is -0.248. The number of H-pyrrole nitrogens is 1. The van der Waals surface area contributed by atoms with Gasteiger partial charge in [0.2, 0.25) is 5.91 Å². The number of benzene rings is 1. The fraction of sp³-hybridized carbons (Fsp3) is 0.353. The molecule has 126 valence electrons. The summed E-state index contributed by atoms with van der Waals surface area (Å²) in [5.41, 5.74) is 1.83. The molecule has 2 N–H and O–H groups in total. The topological polar surface area (TPSA) is 74.8 Å². The third kappa shape index (κ3) is 4.61. The molecule has 5 nitrogen and oxygen atoms in total. The maximum atomic E-state index is 12.3. The molecule has 1 fully saturated rings. The summed E-state index contributed by atoms with van der Waals surface area (Å²) in [5, 5.41) is 4.11. The summed E-state index contributed by atoms with van der Waals surface area (Å²) < 4.78 is 0. The largest absolute Gasteiger partial charge is 0.353 e. The van der Waals surface area contributed by atoms with Gasteiger partial charge in [0.1, 0.15) is 0 Å². The molecule has 1 saturated carbocycles. The predicted molar refractivity (Wildman–Crippen MR) is 95.5 cm³/mol. The maximum Gasteiger partial charge on any atom is 0.255 e. The highest BCUT2D eigenvalue weighted by Crippen LogP contribution is 2.21. The molecule has 0 unspecified atom stereocenters. The first kappa shape index (κ1) is 17.0. The highest BCUT2D eigenvalue weighted by Gasteiger charge is 2.24. The van der Waals surface area contributed by atoms with E-state index >= 15 is 0 Å². The molecule has 1 aliphatic rings. The number of halogens is 1. The van der Waals surface area contributed by atoms with Crippen molar-refractivity contribution in [3.8, 4) is 0 Å². The van der Waals surface area contributed by atoms with Crippen LogP contribution in [0.1, 0.15) is 29.7 Å². The molecule has 24 heavy (non-hydrogen) atoms. The highest BCUT2D eigenvalue weighted by molar-refractivity contribution is 7.98. The number of hydrogen-bond donors (Lipinski definition) is 2. The number of thioether (sulfide) groups is 1. The van der Waals surface area contributed by atoms with E-state index in [-0.39, 0.29) is 23.9 Å². The summed E-state index contributed by atoms with van der Waals surface area (Å²) in [5.74, 6) is 0.539. The number of rotatable bonds is 6. The average Bonchev–Trinajstić information content (AvgIpc) is 3.33. The second-order valence-corrected chi connectivity index (χ2v) is 7.27. The number of aryl methyl sites for hydroxylation is 1. The van der Waals surface area contributed by atoms with Crippen molar-refractivity contribution < 1.29 is 4.79 Å². The van der Waals surface area contributed by atoms with Crippen LogP contribution in [0, 0.1) is 6.92 Å². The van der Waals surface area contributed by atoms with Crippen LogP contribution in [-0.2, 0) is 17.0 Å². The number of aromatic amines is 1. The Kier molecular flexibility index (Phi) is 5.26. The Morgan fingerprint density at radius 3 is 2.92 bits per heavy atom. The molecule has 3 rings (SSSR count). The van der Waals surface area contributed by atoms with Gasteiger partial charge in [-0.25, -0.2) is 4.98 Å². The zero-order valence-corrected chi connectivity index (χ0v) is 14.8. The molecule has 1 amide bonds. The van der Waals surface area contributed by atoms with E-state index in [9.17, 15) is 9.59 Å². The van der Waals surface area contributed by atoms with E-state index in [0.29, 0.717) is 27.2 Å². The molecule has 0 aliphatic heterocycles. The zero-order chi connectivity index (χ0) is 17.1. The van der Waals surface area contributed by atoms with Crippen LogP contribution >= 0.6 is 23.4 Å². The molecule has 2 aromatic rings. The van der Waals surface area contributed by atoms with Gasteiger partial charge in [0, 0.05) is 28.1 Å². The van der Waals surface area contributed by atoms with E-state index in [1.165, 1.54) is 11.8 Å². The summed E-state index contributed by atoms with van der Waals surface area (Å²) in [6.07, 6.45) is 2.13. The van der Waals surface area contributed by atoms with Crippen molar-refractivity contribution in [2.75, 3.05) is 0 Å². The Morgan fingerprint density at radius 2 is 2.25 bits per heavy atom. The lowest BCUT2D eigenvalue weighted by Gasteiger charge is -2.08. The Labute approximate surface area is 149 Å². The molecule has 1 aliphatic carbocycles. The second-order valence-electron chi connectivity index (χ2n) is 5.87. The molecule has 0 bridgehead atoms. The first-order valence-electron chi connectivity index (χ1n) is 7.77. The quantitative estimate of drug-likeness (QED) is 0.611. The van der Waals surface area contributed by atoms with Crippen LogP contribution in [0.3, 0.4) is 0 Å². The van der Waals surface area contributed by atoms with Crippen molar-refractivity contribution >= 4 is 29.3 Å². The van der Waals surface area contributed by atoms with Crippen LogP contribution in [0.4, 0.5) is 0 Å². The van der Waals surface area contributed by atoms with Crippen LogP contribution < -0.4 is 10.9 Å². The van der Waals surface area contributed by atoms with Crippen LogP contribution in [0.15, 0.2) is 34.2 Å². The minimum Gasteiger partial charge on any atom is -0.353 e. The third-order valence-corrected chi connectivity index (χ3v) is 4.92. The van der Waals surface area contributed by atoms with Crippen molar-refractivity contribution in [2.24, 2.45) is 0 Å². The molecule has 1 aromatic heterocycles. The van der Waals surface area contributed by atoms with Gasteiger partial charge in [0.15, 0.2) is 5.16 Å². The summed E-state index contributed by atoms with van der Waals surface area (Å²) in [7, 11) is 0. The van der Waals surface area contributed by atoms with Crippen LogP contribution in [0.25, 0.3) is 0 Å². The molecule has 1 heterocycles. The molecule has 0 atom stereocenters. The lowest BCUT2D eigenvalue weighted by molar-refractivity contribution is -0.120. The smallest absolute Gasteiger partial charge is 0.255 e. The van der Waals surface area contributed by atoms with Gasteiger partial charge < -0.3 is 10.3 Å². The van der Waals surface area contributed by atoms with Crippen molar-refractivity contribution in [3.05, 3.63) is 56.5 Å². The van der Waals surface area contributed by atoms with Crippen molar-refractivity contribution in [3.63, 3.8) is 0 Å². The standard InChI is InChI=1S/C17H18ClN3O2S/c1-10-14(8-15(22)20-13-5-6-13)16(23)21-17(19-10)24-9-11-3-2-4-12(18)7-11/h2-4,7,13H,5-6,8-9H2,1H3,(H,20,22)(H,19,21,23). The number of carbonyl (C=O) groups excluding carboxylic acids is 1. The van der Waals surface area contributed by atoms with E-state index in [1.807, 2.05) is 24.3 Å². The predicted octanol–water partition coefficient (Wildman–Crippen LogP) is 2.85. The molecule has 7 heteroatoms. The summed E-state index contributed by atoms with van der Waals surface area (Å²) >= 11 is 7.40. The van der Waals surface area contributed by atoms with Gasteiger partial charge in [-0.15, -0.1) is 0 Å². The van der Waals surface area contributed by atoms with Crippen molar-refractivity contribution in [1.29, 1.82) is 0 Å². The first-order valence-corrected chi connectivity index (χ1v) is 9.14. The van der Waals surface area contributed by atoms with E-state index in [1.54, 1.807) is 6.92 Å². The lowest BCUT2D eigenvalue weighted by atomic mass is 10.1. The Balaban J connectivity index is 1.67. The zero-order valence-electron chi connectivity index (χ0n) is 13.3. The third-order valence-electron chi connectivity index (χ3n) is 3.74. The number of nitrogens with one attached hydrogen (secondary N) is 2. The van der Waals surface area contributed by atoms with Crippen molar-refractivity contribution in [1.82, 2.24) is 15.3 Å². The van der Waals surface area contributed by atoms with Crippen LogP contribution in [0.2, 0.25) is 5.02 Å². The lowest BCUT2D eigenvalue weighted by Crippen LogP contribution is -2.30. The Hall–Kier alpha value is -1.79. The number of nitrogens with zero attached hydrogens (tertiary/aromatic N) is 1. The van der Waals surface area contributed by atoms with E-state index in [2.05, 4.69) is 15.3 Å². The van der Waals surface area contributed by atoms with Gasteiger partial charge in [-0.05, 0) is 37.5 Å². The van der Waals surface area contributed by atoms with Crippen LogP contribution in [0.5, 0.6) is 0 Å². The van der Waals surface area contributed by atoms with Gasteiger partial charge >= 0.3 is 0 Å². The summed E-state index contributed by atoms with van der Waals surface area (Å²) in [4.78, 5) is 31.3. The highest BCUT2D eigenvalue weighted by atomic mass is 35.5. The molecular weight excluding hydrogens is 346 g/mol. The van der Waals surface area contributed by atoms with E-state index in [0.717, 1.165) is 18.4 Å². The van der Waals surface area contributed by atoms with Gasteiger partial charge in [-0.2, -0.15) is 0 Å². The van der Waals surface area contributed by atoms with Gasteiger partial charge in [-0.3, -0.25) is 9.59 Å². The number of aromatic nitrogens is 2. The number of hydrogen-bond acceptors (Lipinski definition) is 4. The maximum absolute atomic E-state index is 12.3. The van der Waals surface area contributed by atoms with E-state index in [4.69, 9.17) is 11.6 Å². The SMILES string of the molecule is Cc1nc(SCc2cccc(Cl)c2)[nH]c(=O)c1CC(=O)NC1CC1. The molecular formula is C17H18ClN3O2S. The number of amides is 1. The summed E-state index contributed by atoms with van der Waals surface area (Å²) in [6.45, 7) is 1.76. The molecule has 0 spiro atoms. The number of carbonyl (C=O) groups is 1. The average molecular weight is 364 g/mol. The van der Waals surface area contributed by atoms with E-state index < -0.39 is 0 Å². The van der Waals surface area contributed by atoms with Gasteiger partial charge in [0.25, 0.3) is 5.56 Å². The molecule has 0 saturated heterocycles. The fourth-order valence-corrected chi connectivity index (χ4v) is 3.37. The summed E-state index contributed by atoms with van der Waals surface area (Å²) in [6, 6.07) is 7.86. The molecule has 0 radical (unpaired) electrons. The van der Waals surface area contributed by atoms with Crippen LogP contribution in [-0.4, -0.2) is 21.9 Å². The molecule has 1 aromatic carbocycles. The van der Waals surface area contributed by atoms with Gasteiger partial charge in [0.05, 0.1) is 6.42 Å².